The summed E-state index contributed by atoms with van der Waals surface area (Å²) in [6.45, 7) is 7.82. The number of hydrogen-bond donors (Lipinski definition) is 3. The van der Waals surface area contributed by atoms with Crippen LogP contribution in [-0.2, 0) is 42.9 Å². The molecule has 49 heavy (non-hydrogen) atoms. The van der Waals surface area contributed by atoms with E-state index in [2.05, 4.69) is 13.0 Å². The van der Waals surface area contributed by atoms with Gasteiger partial charge in [0.2, 0.25) is 0 Å². The molecule has 6 aliphatic rings. The molecule has 4 bridgehead atoms. The number of carboxylic acids is 2. The van der Waals surface area contributed by atoms with E-state index in [1.54, 1.807) is 6.92 Å². The molecule has 12 nitrogen and oxygen atoms in total. The van der Waals surface area contributed by atoms with Crippen LogP contribution in [0.2, 0.25) is 0 Å². The number of unbranched alkanes of at least 4 members (excludes halogenated alkanes) is 4. The lowest BCUT2D eigenvalue weighted by Crippen LogP contribution is -2.68. The summed E-state index contributed by atoms with van der Waals surface area (Å²) < 4.78 is 30.5. The molecule has 5 fully saturated rings. The third kappa shape index (κ3) is 5.17. The SMILES string of the molecule is CO[C@@H]1[C@@H](C)O[C@@H](OC[C@@]23C[C@@H]4[C@H](C)CC[C@H]4[C@@]4(C=O)C[C@@H]2C=C(C(C)C)[C@@]34C(=O)O)[C@@H](O)[C@@]12OC(=O)[C@H](CCCCCCCC(=O)O)O2. The number of aldehydes is 1. The van der Waals surface area contributed by atoms with Crippen molar-refractivity contribution >= 4 is 24.2 Å². The van der Waals surface area contributed by atoms with E-state index in [4.69, 9.17) is 28.8 Å². The Morgan fingerprint density at radius 1 is 1.08 bits per heavy atom. The first kappa shape index (κ1) is 36.4. The van der Waals surface area contributed by atoms with Crippen molar-refractivity contribution in [1.82, 2.24) is 0 Å². The fourth-order valence-corrected chi connectivity index (χ4v) is 11.5. The molecule has 12 heteroatoms. The van der Waals surface area contributed by atoms with Crippen LogP contribution in [0.5, 0.6) is 0 Å². The second kappa shape index (κ2) is 13.3. The third-order valence-electron chi connectivity index (χ3n) is 13.4. The van der Waals surface area contributed by atoms with Crippen LogP contribution < -0.4 is 0 Å². The Labute approximate surface area is 288 Å². The average Bonchev–Trinajstić information content (AvgIpc) is 3.72. The number of carbonyl (C=O) groups is 4. The smallest absolute Gasteiger partial charge is 0.338 e. The lowest BCUT2D eigenvalue weighted by molar-refractivity contribution is -0.386. The number of aliphatic hydroxyl groups is 1. The van der Waals surface area contributed by atoms with Crippen molar-refractivity contribution in [1.29, 1.82) is 0 Å². The molecular formula is C37H54O12. The molecular weight excluding hydrogens is 636 g/mol. The summed E-state index contributed by atoms with van der Waals surface area (Å²) in [6, 6.07) is 0. The van der Waals surface area contributed by atoms with Crippen molar-refractivity contribution in [3.8, 4) is 0 Å². The van der Waals surface area contributed by atoms with Gasteiger partial charge in [-0.25, -0.2) is 4.79 Å². The van der Waals surface area contributed by atoms with Gasteiger partial charge < -0.3 is 43.8 Å². The van der Waals surface area contributed by atoms with Crippen LogP contribution >= 0.6 is 0 Å². The van der Waals surface area contributed by atoms with E-state index in [0.29, 0.717) is 38.0 Å². The van der Waals surface area contributed by atoms with Crippen LogP contribution in [0, 0.1) is 45.8 Å². The minimum Gasteiger partial charge on any atom is -0.481 e. The number of esters is 1. The van der Waals surface area contributed by atoms with Gasteiger partial charge >= 0.3 is 17.9 Å². The van der Waals surface area contributed by atoms with Gasteiger partial charge in [0.05, 0.1) is 18.1 Å². The molecule has 274 valence electrons. The van der Waals surface area contributed by atoms with Gasteiger partial charge in [0.25, 0.3) is 5.79 Å². The standard InChI is InChI=1S/C37H54O12/c1-20(2)26-15-23-16-34(18-38)25-14-13-21(3)24(25)17-35(23,36(26,34)33(43)44)19-46-32-29(41)37(30(45-5)22(4)47-32)48-27(31(42)49-37)11-9-7-6-8-10-12-28(39)40/h15,18,20-25,27,29-30,32,41H,6-14,16-17,19H2,1-5H3,(H,39,40)(H,43,44)/t21-,22-,23+,24-,25-,27+,29-,30-,32-,34+,35+,36+,37-/m1/s1. The highest BCUT2D eigenvalue weighted by Crippen LogP contribution is 2.82. The second-order valence-electron chi connectivity index (χ2n) is 16.1. The fraction of sp³-hybridized carbons (Fsp3) is 0.838. The number of carbonyl (C=O) groups excluding carboxylic acids is 2. The number of carboxylic acid groups (broad SMARTS) is 2. The molecule has 13 atom stereocenters. The Bertz CT molecular complexity index is 1350. The minimum atomic E-state index is -1.90. The average molecular weight is 691 g/mol. The largest absolute Gasteiger partial charge is 0.481 e. The molecule has 3 N–H and O–H groups in total. The Morgan fingerprint density at radius 3 is 2.45 bits per heavy atom. The number of hydrogen-bond acceptors (Lipinski definition) is 10. The van der Waals surface area contributed by atoms with E-state index in [0.717, 1.165) is 44.0 Å². The predicted octanol–water partition coefficient (Wildman–Crippen LogP) is 4.50. The zero-order chi connectivity index (χ0) is 35.5. The number of methoxy groups -OCH3 is 1. The van der Waals surface area contributed by atoms with Crippen molar-refractivity contribution in [3.05, 3.63) is 11.6 Å². The number of aliphatic hydroxyl groups excluding tert-OH is 1. The monoisotopic (exact) mass is 690 g/mol. The molecule has 2 heterocycles. The number of aliphatic carboxylic acids is 2. The Hall–Kier alpha value is -2.38. The summed E-state index contributed by atoms with van der Waals surface area (Å²) in [6.07, 6.45) is 4.42. The fourth-order valence-electron chi connectivity index (χ4n) is 11.5. The molecule has 0 radical (unpaired) electrons. The summed E-state index contributed by atoms with van der Waals surface area (Å²) in [4.78, 5) is 51.1. The van der Waals surface area contributed by atoms with Gasteiger partial charge in [0, 0.05) is 18.9 Å². The Balaban J connectivity index is 1.23. The third-order valence-corrected chi connectivity index (χ3v) is 13.4. The highest BCUT2D eigenvalue weighted by molar-refractivity contribution is 5.90. The highest BCUT2D eigenvalue weighted by Gasteiger charge is 2.84. The first-order valence-corrected chi connectivity index (χ1v) is 18.3. The first-order valence-electron chi connectivity index (χ1n) is 18.3. The van der Waals surface area contributed by atoms with Crippen LogP contribution in [0.4, 0.5) is 0 Å². The lowest BCUT2D eigenvalue weighted by Gasteiger charge is -2.58. The van der Waals surface area contributed by atoms with Crippen LogP contribution in [0.3, 0.4) is 0 Å². The number of rotatable bonds is 15. The molecule has 6 rings (SSSR count). The molecule has 2 saturated heterocycles. The zero-order valence-corrected chi connectivity index (χ0v) is 29.4. The quantitative estimate of drug-likeness (QED) is 0.0951. The molecule has 0 amide bonds. The van der Waals surface area contributed by atoms with Crippen LogP contribution in [-0.4, -0.2) is 89.7 Å². The Kier molecular flexibility index (Phi) is 9.89. The van der Waals surface area contributed by atoms with Crippen molar-refractivity contribution in [2.45, 2.75) is 135 Å². The summed E-state index contributed by atoms with van der Waals surface area (Å²) in [5.74, 6) is -4.13. The molecule has 1 spiro atoms. The maximum Gasteiger partial charge on any atom is 0.338 e. The first-order chi connectivity index (χ1) is 23.3. The molecule has 3 saturated carbocycles. The second-order valence-corrected chi connectivity index (χ2v) is 16.1. The van der Waals surface area contributed by atoms with E-state index < -0.39 is 70.6 Å². The van der Waals surface area contributed by atoms with Gasteiger partial charge in [-0.2, -0.15) is 0 Å². The number of ether oxygens (including phenoxy) is 5. The van der Waals surface area contributed by atoms with Gasteiger partial charge in [-0.05, 0) is 68.6 Å². The summed E-state index contributed by atoms with van der Waals surface area (Å²) in [5.41, 5.74) is -2.64. The molecule has 0 aromatic heterocycles. The topological polar surface area (TPSA) is 175 Å². The molecule has 2 aliphatic heterocycles. The van der Waals surface area contributed by atoms with Crippen molar-refractivity contribution < 1.29 is 58.2 Å². The van der Waals surface area contributed by atoms with E-state index in [1.807, 2.05) is 13.8 Å². The van der Waals surface area contributed by atoms with Crippen molar-refractivity contribution in [2.24, 2.45) is 45.8 Å². The number of fused-ring (bicyclic) bond motifs is 2. The summed E-state index contributed by atoms with van der Waals surface area (Å²) in [7, 11) is 1.42. The maximum atomic E-state index is 13.8. The maximum absolute atomic E-state index is 13.8. The lowest BCUT2D eigenvalue weighted by atomic mass is 9.43. The normalized spacial score (nSPS) is 45.1. The van der Waals surface area contributed by atoms with E-state index >= 15 is 0 Å². The van der Waals surface area contributed by atoms with Gasteiger partial charge in [-0.15, -0.1) is 0 Å². The molecule has 0 aromatic rings. The zero-order valence-electron chi connectivity index (χ0n) is 29.4. The number of allylic oxidation sites excluding steroid dienone is 1. The molecule has 0 unspecified atom stereocenters. The predicted molar refractivity (Wildman–Crippen MR) is 173 cm³/mol. The van der Waals surface area contributed by atoms with Crippen LogP contribution in [0.1, 0.15) is 98.3 Å². The summed E-state index contributed by atoms with van der Waals surface area (Å²) in [5, 5.41) is 32.0. The van der Waals surface area contributed by atoms with E-state index in [-0.39, 0.29) is 36.7 Å². The van der Waals surface area contributed by atoms with Crippen molar-refractivity contribution in [2.75, 3.05) is 13.7 Å². The van der Waals surface area contributed by atoms with Crippen LogP contribution in [0.15, 0.2) is 11.6 Å². The van der Waals surface area contributed by atoms with Gasteiger partial charge in [0.15, 0.2) is 24.6 Å². The van der Waals surface area contributed by atoms with E-state index in [9.17, 15) is 29.4 Å². The van der Waals surface area contributed by atoms with Crippen molar-refractivity contribution in [3.63, 3.8) is 0 Å². The van der Waals surface area contributed by atoms with E-state index in [1.165, 1.54) is 7.11 Å². The van der Waals surface area contributed by atoms with Crippen LogP contribution in [0.25, 0.3) is 0 Å². The highest BCUT2D eigenvalue weighted by atomic mass is 16.8. The van der Waals surface area contributed by atoms with Gasteiger partial charge in [-0.1, -0.05) is 64.5 Å². The van der Waals surface area contributed by atoms with Gasteiger partial charge in [-0.3, -0.25) is 9.59 Å². The summed E-state index contributed by atoms with van der Waals surface area (Å²) >= 11 is 0. The molecule has 4 aliphatic carbocycles. The minimum absolute atomic E-state index is 0.0214. The van der Waals surface area contributed by atoms with Gasteiger partial charge in [0.1, 0.15) is 11.7 Å². The Morgan fingerprint density at radius 2 is 1.80 bits per heavy atom. The molecule has 0 aromatic carbocycles.